The van der Waals surface area contributed by atoms with Crippen LogP contribution in [0.3, 0.4) is 0 Å². The number of halogens is 1. The van der Waals surface area contributed by atoms with Crippen LogP contribution >= 0.6 is 11.6 Å². The highest BCUT2D eigenvalue weighted by molar-refractivity contribution is 6.40. The third kappa shape index (κ3) is 5.87. The maximum atomic E-state index is 12.1. The largest absolute Gasteiger partial charge is 0.495 e. The average Bonchev–Trinajstić information content (AvgIpc) is 2.75. The SMILES string of the molecule is COc1ccc(Cl)cc1NC(=O)C(=O)NCCc1ccc(N2CCN(C)CC2)cc1. The predicted molar refractivity (Wildman–Crippen MR) is 119 cm³/mol. The highest BCUT2D eigenvalue weighted by atomic mass is 35.5. The highest BCUT2D eigenvalue weighted by Crippen LogP contribution is 2.27. The van der Waals surface area contributed by atoms with Crippen molar-refractivity contribution in [1.82, 2.24) is 10.2 Å². The number of nitrogens with one attached hydrogen (secondary N) is 2. The molecule has 1 saturated heterocycles. The normalized spacial score (nSPS) is 14.3. The van der Waals surface area contributed by atoms with Crippen LogP contribution in [0.2, 0.25) is 5.02 Å². The van der Waals surface area contributed by atoms with Crippen LogP contribution in [0.25, 0.3) is 0 Å². The molecule has 8 heteroatoms. The van der Waals surface area contributed by atoms with E-state index >= 15 is 0 Å². The van der Waals surface area contributed by atoms with Gasteiger partial charge in [-0.15, -0.1) is 0 Å². The lowest BCUT2D eigenvalue weighted by Crippen LogP contribution is -2.44. The molecule has 7 nitrogen and oxygen atoms in total. The Bertz CT molecular complexity index is 880. The van der Waals surface area contributed by atoms with Crippen LogP contribution in [0, 0.1) is 0 Å². The highest BCUT2D eigenvalue weighted by Gasteiger charge is 2.16. The minimum absolute atomic E-state index is 0.352. The lowest BCUT2D eigenvalue weighted by molar-refractivity contribution is -0.136. The number of ether oxygens (including phenoxy) is 1. The Kier molecular flexibility index (Phi) is 7.54. The van der Waals surface area contributed by atoms with Crippen LogP contribution in [-0.4, -0.2) is 63.6 Å². The lowest BCUT2D eigenvalue weighted by Gasteiger charge is -2.34. The smallest absolute Gasteiger partial charge is 0.313 e. The lowest BCUT2D eigenvalue weighted by atomic mass is 10.1. The van der Waals surface area contributed by atoms with E-state index in [-0.39, 0.29) is 0 Å². The standard InChI is InChI=1S/C22H27ClN4O3/c1-26-11-13-27(14-12-26)18-6-3-16(4-7-18)9-10-24-21(28)22(29)25-19-15-17(23)5-8-20(19)30-2/h3-8,15H,9-14H2,1-2H3,(H,24,28)(H,25,29). The van der Waals surface area contributed by atoms with Crippen LogP contribution in [-0.2, 0) is 16.0 Å². The fourth-order valence-corrected chi connectivity index (χ4v) is 3.47. The Morgan fingerprint density at radius 1 is 1.03 bits per heavy atom. The molecule has 0 aliphatic carbocycles. The first-order valence-corrected chi connectivity index (χ1v) is 10.3. The molecule has 0 spiro atoms. The van der Waals surface area contributed by atoms with Gasteiger partial charge in [-0.25, -0.2) is 0 Å². The average molecular weight is 431 g/mol. The number of carbonyl (C=O) groups is 2. The van der Waals surface area contributed by atoms with Crippen LogP contribution < -0.4 is 20.3 Å². The minimum Gasteiger partial charge on any atom is -0.495 e. The Balaban J connectivity index is 1.46. The molecule has 1 aliphatic rings. The first-order valence-electron chi connectivity index (χ1n) is 9.91. The number of methoxy groups -OCH3 is 1. The predicted octanol–water partition coefficient (Wildman–Crippen LogP) is 2.40. The van der Waals surface area contributed by atoms with Crippen molar-refractivity contribution >= 4 is 34.8 Å². The summed E-state index contributed by atoms with van der Waals surface area (Å²) in [4.78, 5) is 28.9. The fraction of sp³-hybridized carbons (Fsp3) is 0.364. The van der Waals surface area contributed by atoms with Gasteiger partial charge in [-0.05, 0) is 49.4 Å². The van der Waals surface area contributed by atoms with Gasteiger partial charge in [0.25, 0.3) is 0 Å². The number of rotatable bonds is 6. The quantitative estimate of drug-likeness (QED) is 0.688. The summed E-state index contributed by atoms with van der Waals surface area (Å²) in [5, 5.41) is 5.61. The maximum absolute atomic E-state index is 12.1. The first-order chi connectivity index (χ1) is 14.5. The first kappa shape index (κ1) is 21.9. The molecule has 0 saturated carbocycles. The molecule has 2 amide bonds. The molecule has 2 N–H and O–H groups in total. The molecule has 1 fully saturated rings. The summed E-state index contributed by atoms with van der Waals surface area (Å²) in [6, 6.07) is 13.2. The van der Waals surface area contributed by atoms with Gasteiger partial charge < -0.3 is 25.2 Å². The fourth-order valence-electron chi connectivity index (χ4n) is 3.30. The summed E-state index contributed by atoms with van der Waals surface area (Å²) in [7, 11) is 3.62. The van der Waals surface area contributed by atoms with Crippen molar-refractivity contribution in [3.63, 3.8) is 0 Å². The summed E-state index contributed by atoms with van der Waals surface area (Å²) >= 11 is 5.94. The summed E-state index contributed by atoms with van der Waals surface area (Å²) in [6.45, 7) is 4.55. The summed E-state index contributed by atoms with van der Waals surface area (Å²) in [5.74, 6) is -1.03. The van der Waals surface area contributed by atoms with Crippen molar-refractivity contribution in [3.05, 3.63) is 53.1 Å². The monoisotopic (exact) mass is 430 g/mol. The van der Waals surface area contributed by atoms with Crippen molar-refractivity contribution in [1.29, 1.82) is 0 Å². The second kappa shape index (κ2) is 10.3. The van der Waals surface area contributed by atoms with Gasteiger partial charge in [0.2, 0.25) is 0 Å². The van der Waals surface area contributed by atoms with E-state index in [4.69, 9.17) is 16.3 Å². The Labute approximate surface area is 181 Å². The summed E-state index contributed by atoms with van der Waals surface area (Å²) in [5.41, 5.74) is 2.67. The van der Waals surface area contributed by atoms with Gasteiger partial charge in [0, 0.05) is 43.4 Å². The topological polar surface area (TPSA) is 73.9 Å². The molecular weight excluding hydrogens is 404 g/mol. The number of hydrogen-bond donors (Lipinski definition) is 2. The van der Waals surface area contributed by atoms with E-state index in [2.05, 4.69) is 51.7 Å². The van der Waals surface area contributed by atoms with Gasteiger partial charge >= 0.3 is 11.8 Å². The van der Waals surface area contributed by atoms with E-state index < -0.39 is 11.8 Å². The van der Waals surface area contributed by atoms with Crippen molar-refractivity contribution in [3.8, 4) is 5.75 Å². The molecule has 30 heavy (non-hydrogen) atoms. The molecule has 2 aromatic rings. The number of hydrogen-bond acceptors (Lipinski definition) is 5. The van der Waals surface area contributed by atoms with Crippen LogP contribution in [0.15, 0.2) is 42.5 Å². The number of anilines is 2. The maximum Gasteiger partial charge on any atom is 0.313 e. The van der Waals surface area contributed by atoms with E-state index in [0.29, 0.717) is 29.4 Å². The van der Waals surface area contributed by atoms with Crippen LogP contribution in [0.5, 0.6) is 5.75 Å². The number of likely N-dealkylation sites (N-methyl/N-ethyl adjacent to an activating group) is 1. The van der Waals surface area contributed by atoms with E-state index in [1.807, 2.05) is 0 Å². The van der Waals surface area contributed by atoms with Gasteiger partial charge in [-0.3, -0.25) is 9.59 Å². The van der Waals surface area contributed by atoms with E-state index in [9.17, 15) is 9.59 Å². The molecule has 1 aliphatic heterocycles. The van der Waals surface area contributed by atoms with Gasteiger partial charge in [0.1, 0.15) is 5.75 Å². The molecule has 0 radical (unpaired) electrons. The van der Waals surface area contributed by atoms with Gasteiger partial charge in [-0.2, -0.15) is 0 Å². The molecule has 0 atom stereocenters. The minimum atomic E-state index is -0.763. The number of piperazine rings is 1. The van der Waals surface area contributed by atoms with E-state index in [1.54, 1.807) is 12.1 Å². The molecule has 0 bridgehead atoms. The third-order valence-electron chi connectivity index (χ3n) is 5.12. The van der Waals surface area contributed by atoms with Gasteiger partial charge in [0.15, 0.2) is 0 Å². The van der Waals surface area contributed by atoms with Crippen molar-refractivity contribution < 1.29 is 14.3 Å². The van der Waals surface area contributed by atoms with Gasteiger partial charge in [0.05, 0.1) is 12.8 Å². The zero-order valence-corrected chi connectivity index (χ0v) is 18.0. The Hall–Kier alpha value is -2.77. The van der Waals surface area contributed by atoms with Crippen molar-refractivity contribution in [2.24, 2.45) is 0 Å². The van der Waals surface area contributed by atoms with Crippen LogP contribution in [0.4, 0.5) is 11.4 Å². The molecule has 0 unspecified atom stereocenters. The second-order valence-electron chi connectivity index (χ2n) is 7.26. The number of benzene rings is 2. The second-order valence-corrected chi connectivity index (χ2v) is 7.70. The Morgan fingerprint density at radius 2 is 1.73 bits per heavy atom. The summed E-state index contributed by atoms with van der Waals surface area (Å²) in [6.07, 6.45) is 0.641. The van der Waals surface area contributed by atoms with Crippen molar-refractivity contribution in [2.75, 3.05) is 57.1 Å². The van der Waals surface area contributed by atoms with Gasteiger partial charge in [-0.1, -0.05) is 23.7 Å². The van der Waals surface area contributed by atoms with Crippen LogP contribution in [0.1, 0.15) is 5.56 Å². The molecular formula is C22H27ClN4O3. The molecule has 2 aromatic carbocycles. The van der Waals surface area contributed by atoms with E-state index in [0.717, 1.165) is 31.7 Å². The van der Waals surface area contributed by atoms with Crippen molar-refractivity contribution in [2.45, 2.75) is 6.42 Å². The molecule has 0 aromatic heterocycles. The van der Waals surface area contributed by atoms with E-state index in [1.165, 1.54) is 18.9 Å². The molecule has 1 heterocycles. The molecule has 3 rings (SSSR count). The Morgan fingerprint density at radius 3 is 2.40 bits per heavy atom. The third-order valence-corrected chi connectivity index (χ3v) is 5.36. The number of nitrogens with zero attached hydrogens (tertiary/aromatic N) is 2. The number of carbonyl (C=O) groups excluding carboxylic acids is 2. The molecule has 160 valence electrons. The zero-order valence-electron chi connectivity index (χ0n) is 17.3. The number of amides is 2. The zero-order chi connectivity index (χ0) is 21.5. The summed E-state index contributed by atoms with van der Waals surface area (Å²) < 4.78 is 5.17.